The van der Waals surface area contributed by atoms with Crippen LogP contribution in [0.15, 0.2) is 36.4 Å². The highest BCUT2D eigenvalue weighted by Gasteiger charge is 2.12. The fraction of sp³-hybridized carbons (Fsp3) is 0.316. The molecule has 2 N–H and O–H groups in total. The summed E-state index contributed by atoms with van der Waals surface area (Å²) in [5.74, 6) is 0.294. The maximum absolute atomic E-state index is 10.9. The Hall–Kier alpha value is -1.95. The van der Waals surface area contributed by atoms with E-state index in [2.05, 4.69) is 5.32 Å². The Balaban J connectivity index is 2.08. The summed E-state index contributed by atoms with van der Waals surface area (Å²) in [5.41, 5.74) is 1.72. The van der Waals surface area contributed by atoms with Crippen LogP contribution in [0, 0.1) is 0 Å². The molecule has 0 aliphatic heterocycles. The number of carboxylic acid groups (broad SMARTS) is 1. The van der Waals surface area contributed by atoms with Gasteiger partial charge in [0.1, 0.15) is 12.6 Å². The zero-order chi connectivity index (χ0) is 19.1. The van der Waals surface area contributed by atoms with Gasteiger partial charge in [-0.25, -0.2) is 0 Å². The van der Waals surface area contributed by atoms with Crippen molar-refractivity contribution in [1.82, 2.24) is 5.32 Å². The van der Waals surface area contributed by atoms with Crippen LogP contribution in [-0.2, 0) is 17.9 Å². The van der Waals surface area contributed by atoms with E-state index < -0.39 is 12.0 Å². The second-order valence-electron chi connectivity index (χ2n) is 5.68. The maximum atomic E-state index is 10.9. The highest BCUT2D eigenvalue weighted by atomic mass is 35.5. The van der Waals surface area contributed by atoms with Crippen LogP contribution in [-0.4, -0.2) is 23.7 Å². The minimum Gasteiger partial charge on any atom is -0.490 e. The van der Waals surface area contributed by atoms with Gasteiger partial charge >= 0.3 is 5.97 Å². The quantitative estimate of drug-likeness (QED) is 0.650. The van der Waals surface area contributed by atoms with Gasteiger partial charge < -0.3 is 19.9 Å². The number of ether oxygens (including phenoxy) is 2. The maximum Gasteiger partial charge on any atom is 0.320 e. The molecule has 26 heavy (non-hydrogen) atoms. The first-order valence-corrected chi connectivity index (χ1v) is 8.95. The van der Waals surface area contributed by atoms with Gasteiger partial charge in [0, 0.05) is 22.2 Å². The summed E-state index contributed by atoms with van der Waals surface area (Å²) in [6.07, 6.45) is 0. The fourth-order valence-electron chi connectivity index (χ4n) is 2.20. The van der Waals surface area contributed by atoms with E-state index in [0.29, 0.717) is 34.7 Å². The molecule has 5 nitrogen and oxygen atoms in total. The Morgan fingerprint density at radius 3 is 2.58 bits per heavy atom. The van der Waals surface area contributed by atoms with Crippen LogP contribution < -0.4 is 14.8 Å². The van der Waals surface area contributed by atoms with E-state index in [4.69, 9.17) is 37.8 Å². The standard InChI is InChI=1S/C19H21Cl2NO4/c1-3-25-18-8-13(10-22-12(2)19(23)24)4-7-17(18)26-11-14-5-6-15(20)9-16(14)21/h4-9,12,22H,3,10-11H2,1-2H3,(H,23,24). The zero-order valence-electron chi connectivity index (χ0n) is 14.6. The lowest BCUT2D eigenvalue weighted by Crippen LogP contribution is -2.33. The fourth-order valence-corrected chi connectivity index (χ4v) is 2.67. The van der Waals surface area contributed by atoms with Crippen molar-refractivity contribution in [3.63, 3.8) is 0 Å². The molecule has 0 saturated heterocycles. The van der Waals surface area contributed by atoms with Crippen molar-refractivity contribution in [1.29, 1.82) is 0 Å². The van der Waals surface area contributed by atoms with Crippen LogP contribution in [0.2, 0.25) is 10.0 Å². The highest BCUT2D eigenvalue weighted by Crippen LogP contribution is 2.30. The monoisotopic (exact) mass is 397 g/mol. The average Bonchev–Trinajstić information content (AvgIpc) is 2.60. The third kappa shape index (κ3) is 5.80. The summed E-state index contributed by atoms with van der Waals surface area (Å²) in [6.45, 7) is 4.66. The van der Waals surface area contributed by atoms with Crippen molar-refractivity contribution in [2.24, 2.45) is 0 Å². The summed E-state index contributed by atoms with van der Waals surface area (Å²) in [7, 11) is 0. The molecule has 2 rings (SSSR count). The lowest BCUT2D eigenvalue weighted by atomic mass is 10.2. The molecule has 0 aliphatic carbocycles. The predicted octanol–water partition coefficient (Wildman–Crippen LogP) is 4.53. The smallest absolute Gasteiger partial charge is 0.320 e. The van der Waals surface area contributed by atoms with Crippen LogP contribution in [0.4, 0.5) is 0 Å². The van der Waals surface area contributed by atoms with Crippen LogP contribution in [0.3, 0.4) is 0 Å². The Morgan fingerprint density at radius 1 is 1.15 bits per heavy atom. The number of rotatable bonds is 9. The van der Waals surface area contributed by atoms with Crippen molar-refractivity contribution >= 4 is 29.2 Å². The van der Waals surface area contributed by atoms with Crippen LogP contribution in [0.1, 0.15) is 25.0 Å². The van der Waals surface area contributed by atoms with Gasteiger partial charge in [0.2, 0.25) is 0 Å². The minimum atomic E-state index is -0.894. The highest BCUT2D eigenvalue weighted by molar-refractivity contribution is 6.35. The Labute approximate surface area is 162 Å². The van der Waals surface area contributed by atoms with E-state index in [1.165, 1.54) is 0 Å². The van der Waals surface area contributed by atoms with Crippen molar-refractivity contribution in [2.45, 2.75) is 33.0 Å². The van der Waals surface area contributed by atoms with Crippen molar-refractivity contribution in [3.05, 3.63) is 57.6 Å². The molecule has 0 amide bonds. The van der Waals surface area contributed by atoms with E-state index in [-0.39, 0.29) is 6.61 Å². The molecule has 0 aromatic heterocycles. The van der Waals surface area contributed by atoms with E-state index in [9.17, 15) is 4.79 Å². The minimum absolute atomic E-state index is 0.281. The van der Waals surface area contributed by atoms with Crippen LogP contribution in [0.25, 0.3) is 0 Å². The van der Waals surface area contributed by atoms with Crippen molar-refractivity contribution in [2.75, 3.05) is 6.61 Å². The molecular formula is C19H21Cl2NO4. The lowest BCUT2D eigenvalue weighted by molar-refractivity contribution is -0.139. The molecule has 1 unspecified atom stereocenters. The Kier molecular flexibility index (Phi) is 7.57. The molecule has 2 aromatic rings. The van der Waals surface area contributed by atoms with Gasteiger partial charge in [-0.05, 0) is 43.7 Å². The Bertz CT molecular complexity index is 767. The third-order valence-electron chi connectivity index (χ3n) is 3.69. The van der Waals surface area contributed by atoms with Gasteiger partial charge in [-0.2, -0.15) is 0 Å². The van der Waals surface area contributed by atoms with E-state index in [1.54, 1.807) is 25.1 Å². The summed E-state index contributed by atoms with van der Waals surface area (Å²) < 4.78 is 11.5. The molecule has 0 spiro atoms. The number of hydrogen-bond acceptors (Lipinski definition) is 4. The second kappa shape index (κ2) is 9.67. The van der Waals surface area contributed by atoms with E-state index >= 15 is 0 Å². The lowest BCUT2D eigenvalue weighted by Gasteiger charge is -2.15. The molecule has 7 heteroatoms. The van der Waals surface area contributed by atoms with Crippen molar-refractivity contribution in [3.8, 4) is 11.5 Å². The molecule has 0 radical (unpaired) electrons. The van der Waals surface area contributed by atoms with Crippen molar-refractivity contribution < 1.29 is 19.4 Å². The Morgan fingerprint density at radius 2 is 1.92 bits per heavy atom. The molecule has 2 aromatic carbocycles. The summed E-state index contributed by atoms with van der Waals surface area (Å²) in [4.78, 5) is 10.9. The molecule has 0 bridgehead atoms. The summed E-state index contributed by atoms with van der Waals surface area (Å²) in [5, 5.41) is 13.0. The summed E-state index contributed by atoms with van der Waals surface area (Å²) in [6, 6.07) is 10.1. The average molecular weight is 398 g/mol. The largest absolute Gasteiger partial charge is 0.490 e. The molecule has 0 saturated carbocycles. The number of carbonyl (C=O) groups is 1. The van der Waals surface area contributed by atoms with Crippen LogP contribution >= 0.6 is 23.2 Å². The van der Waals surface area contributed by atoms with Gasteiger partial charge in [0.05, 0.1) is 6.61 Å². The number of carboxylic acids is 1. The molecular weight excluding hydrogens is 377 g/mol. The van der Waals surface area contributed by atoms with Gasteiger partial charge in [0.15, 0.2) is 11.5 Å². The predicted molar refractivity (Wildman–Crippen MR) is 102 cm³/mol. The number of nitrogens with one attached hydrogen (secondary N) is 1. The third-order valence-corrected chi connectivity index (χ3v) is 4.28. The van der Waals surface area contributed by atoms with Gasteiger partial charge in [-0.1, -0.05) is 35.3 Å². The normalized spacial score (nSPS) is 11.8. The molecule has 0 aliphatic rings. The second-order valence-corrected chi connectivity index (χ2v) is 6.52. The molecule has 0 heterocycles. The van der Waals surface area contributed by atoms with Gasteiger partial charge in [0.25, 0.3) is 0 Å². The number of aliphatic carboxylic acids is 1. The molecule has 140 valence electrons. The number of benzene rings is 2. The van der Waals surface area contributed by atoms with E-state index in [1.807, 2.05) is 25.1 Å². The van der Waals surface area contributed by atoms with E-state index in [0.717, 1.165) is 11.1 Å². The summed E-state index contributed by atoms with van der Waals surface area (Å²) >= 11 is 12.1. The number of halogens is 2. The SMILES string of the molecule is CCOc1cc(CNC(C)C(=O)O)ccc1OCc1ccc(Cl)cc1Cl. The first kappa shape index (κ1) is 20.4. The van der Waals surface area contributed by atoms with Crippen LogP contribution in [0.5, 0.6) is 11.5 Å². The first-order valence-electron chi connectivity index (χ1n) is 8.19. The number of hydrogen-bond donors (Lipinski definition) is 2. The van der Waals surface area contributed by atoms with Gasteiger partial charge in [-0.15, -0.1) is 0 Å². The molecule has 1 atom stereocenters. The van der Waals surface area contributed by atoms with Gasteiger partial charge in [-0.3, -0.25) is 4.79 Å². The zero-order valence-corrected chi connectivity index (χ0v) is 16.1. The molecule has 0 fully saturated rings. The topological polar surface area (TPSA) is 67.8 Å². The first-order chi connectivity index (χ1) is 12.4.